The maximum Gasteiger partial charge on any atom is 0.0624 e. The molecule has 16 heavy (non-hydrogen) atoms. The van der Waals surface area contributed by atoms with Crippen LogP contribution in [0.5, 0.6) is 0 Å². The summed E-state index contributed by atoms with van der Waals surface area (Å²) in [5, 5.41) is 9.06. The van der Waals surface area contributed by atoms with Crippen LogP contribution in [0, 0.1) is 0 Å². The fraction of sp³-hybridized carbons (Fsp3) is 0.538. The lowest BCUT2D eigenvalue weighted by Crippen LogP contribution is -2.15. The summed E-state index contributed by atoms with van der Waals surface area (Å²) < 4.78 is 0. The van der Waals surface area contributed by atoms with Gasteiger partial charge in [0.1, 0.15) is 0 Å². The zero-order chi connectivity index (χ0) is 11.4. The van der Waals surface area contributed by atoms with Crippen molar-refractivity contribution in [1.82, 2.24) is 0 Å². The third-order valence-electron chi connectivity index (χ3n) is 3.23. The van der Waals surface area contributed by atoms with Gasteiger partial charge in [0.05, 0.1) is 12.6 Å². The zero-order valence-corrected chi connectivity index (χ0v) is 10.2. The number of rotatable bonds is 3. The maximum atomic E-state index is 9.06. The molecule has 1 saturated heterocycles. The first-order valence-corrected chi connectivity index (χ1v) is 7.01. The summed E-state index contributed by atoms with van der Waals surface area (Å²) in [4.78, 5) is 0. The Balaban J connectivity index is 2.14. The molecule has 88 valence electrons. The number of aliphatic hydroxyl groups excluding tert-OH is 1. The Bertz CT molecular complexity index is 336. The normalized spacial score (nSPS) is 19.6. The molecule has 0 radical (unpaired) electrons. The molecular formula is C13H19NOS. The van der Waals surface area contributed by atoms with Crippen molar-refractivity contribution in [1.29, 1.82) is 0 Å². The van der Waals surface area contributed by atoms with Crippen molar-refractivity contribution in [3.63, 3.8) is 0 Å². The van der Waals surface area contributed by atoms with E-state index in [-0.39, 0.29) is 12.6 Å². The molecule has 0 aromatic heterocycles. The molecule has 0 amide bonds. The summed E-state index contributed by atoms with van der Waals surface area (Å²) in [6, 6.07) is 8.18. The van der Waals surface area contributed by atoms with Crippen LogP contribution in [0.4, 0.5) is 0 Å². The van der Waals surface area contributed by atoms with Gasteiger partial charge in [-0.25, -0.2) is 0 Å². The van der Waals surface area contributed by atoms with E-state index in [0.29, 0.717) is 5.92 Å². The summed E-state index contributed by atoms with van der Waals surface area (Å²) in [7, 11) is 0. The summed E-state index contributed by atoms with van der Waals surface area (Å²) in [5.74, 6) is 3.22. The highest BCUT2D eigenvalue weighted by Gasteiger charge is 2.16. The van der Waals surface area contributed by atoms with Crippen LogP contribution in [0.2, 0.25) is 0 Å². The first-order valence-electron chi connectivity index (χ1n) is 5.85. The standard InChI is InChI=1S/C13H19NOS/c14-13(9-15)12-3-1-2-11(8-12)10-4-6-16-7-5-10/h1-3,8,10,13,15H,4-7,9,14H2. The lowest BCUT2D eigenvalue weighted by atomic mass is 9.91. The summed E-state index contributed by atoms with van der Waals surface area (Å²) in [5.41, 5.74) is 8.28. The number of nitrogens with two attached hydrogens (primary N) is 1. The predicted molar refractivity (Wildman–Crippen MR) is 69.8 cm³/mol. The maximum absolute atomic E-state index is 9.06. The molecular weight excluding hydrogens is 218 g/mol. The Morgan fingerprint density at radius 1 is 1.38 bits per heavy atom. The van der Waals surface area contributed by atoms with E-state index in [9.17, 15) is 0 Å². The van der Waals surface area contributed by atoms with Crippen LogP contribution >= 0.6 is 11.8 Å². The molecule has 3 heteroatoms. The van der Waals surface area contributed by atoms with Crippen molar-refractivity contribution in [3.05, 3.63) is 35.4 Å². The average Bonchev–Trinajstić information content (AvgIpc) is 2.39. The van der Waals surface area contributed by atoms with E-state index >= 15 is 0 Å². The highest BCUT2D eigenvalue weighted by atomic mass is 32.2. The lowest BCUT2D eigenvalue weighted by Gasteiger charge is -2.22. The van der Waals surface area contributed by atoms with Gasteiger partial charge in [0.25, 0.3) is 0 Å². The van der Waals surface area contributed by atoms with E-state index in [4.69, 9.17) is 10.8 Å². The minimum atomic E-state index is -0.238. The van der Waals surface area contributed by atoms with E-state index in [2.05, 4.69) is 18.2 Å². The molecule has 1 heterocycles. The molecule has 1 aromatic rings. The van der Waals surface area contributed by atoms with Gasteiger partial charge in [-0.05, 0) is 41.4 Å². The van der Waals surface area contributed by atoms with Gasteiger partial charge >= 0.3 is 0 Å². The SMILES string of the molecule is NC(CO)c1cccc(C2CCSCC2)c1. The highest BCUT2D eigenvalue weighted by molar-refractivity contribution is 7.99. The minimum Gasteiger partial charge on any atom is -0.394 e. The van der Waals surface area contributed by atoms with E-state index in [1.165, 1.54) is 29.9 Å². The van der Waals surface area contributed by atoms with E-state index in [0.717, 1.165) is 5.56 Å². The van der Waals surface area contributed by atoms with Crippen LogP contribution in [-0.4, -0.2) is 23.2 Å². The van der Waals surface area contributed by atoms with E-state index in [1.54, 1.807) is 0 Å². The van der Waals surface area contributed by atoms with Gasteiger partial charge in [0.15, 0.2) is 0 Å². The Hall–Kier alpha value is -0.510. The van der Waals surface area contributed by atoms with Crippen LogP contribution in [0.25, 0.3) is 0 Å². The second-order valence-electron chi connectivity index (χ2n) is 4.35. The molecule has 0 aliphatic carbocycles. The molecule has 2 rings (SSSR count). The van der Waals surface area contributed by atoms with Gasteiger partial charge < -0.3 is 10.8 Å². The second kappa shape index (κ2) is 5.71. The molecule has 2 nitrogen and oxygen atoms in total. The Labute approximate surface area is 101 Å². The predicted octanol–water partition coefficient (Wildman–Crippen LogP) is 2.29. The number of aliphatic hydroxyl groups is 1. The largest absolute Gasteiger partial charge is 0.394 e. The summed E-state index contributed by atoms with van der Waals surface area (Å²) in [6.45, 7) is 0.0178. The molecule has 1 fully saturated rings. The van der Waals surface area contributed by atoms with Gasteiger partial charge in [-0.1, -0.05) is 24.3 Å². The number of hydrogen-bond acceptors (Lipinski definition) is 3. The first kappa shape index (κ1) is 12.0. The van der Waals surface area contributed by atoms with Crippen LogP contribution < -0.4 is 5.73 Å². The molecule has 3 N–H and O–H groups in total. The summed E-state index contributed by atoms with van der Waals surface area (Å²) in [6.07, 6.45) is 2.53. The average molecular weight is 237 g/mol. The topological polar surface area (TPSA) is 46.2 Å². The fourth-order valence-electron chi connectivity index (χ4n) is 2.18. The molecule has 0 bridgehead atoms. The molecule has 1 atom stereocenters. The smallest absolute Gasteiger partial charge is 0.0624 e. The van der Waals surface area contributed by atoms with Crippen molar-refractivity contribution in [2.45, 2.75) is 24.8 Å². The van der Waals surface area contributed by atoms with Gasteiger partial charge in [-0.2, -0.15) is 11.8 Å². The molecule has 0 saturated carbocycles. The summed E-state index contributed by atoms with van der Waals surface area (Å²) >= 11 is 2.04. The highest BCUT2D eigenvalue weighted by Crippen LogP contribution is 2.32. The Kier molecular flexibility index (Phi) is 4.27. The third-order valence-corrected chi connectivity index (χ3v) is 4.28. The van der Waals surface area contributed by atoms with Crippen LogP contribution in [0.3, 0.4) is 0 Å². The van der Waals surface area contributed by atoms with Crippen molar-refractivity contribution >= 4 is 11.8 Å². The Morgan fingerprint density at radius 2 is 2.12 bits per heavy atom. The van der Waals surface area contributed by atoms with E-state index < -0.39 is 0 Å². The molecule has 1 unspecified atom stereocenters. The number of hydrogen-bond donors (Lipinski definition) is 2. The van der Waals surface area contributed by atoms with E-state index in [1.807, 2.05) is 17.8 Å². The third kappa shape index (κ3) is 2.78. The number of benzene rings is 1. The molecule has 1 aliphatic heterocycles. The van der Waals surface area contributed by atoms with Gasteiger partial charge in [-0.15, -0.1) is 0 Å². The minimum absolute atomic E-state index is 0.0178. The zero-order valence-electron chi connectivity index (χ0n) is 9.43. The van der Waals surface area contributed by atoms with Crippen molar-refractivity contribution in [3.8, 4) is 0 Å². The van der Waals surface area contributed by atoms with Gasteiger partial charge in [0, 0.05) is 0 Å². The van der Waals surface area contributed by atoms with Crippen molar-refractivity contribution in [2.75, 3.05) is 18.1 Å². The van der Waals surface area contributed by atoms with Crippen LogP contribution in [0.1, 0.15) is 35.9 Å². The van der Waals surface area contributed by atoms with Gasteiger partial charge in [-0.3, -0.25) is 0 Å². The monoisotopic (exact) mass is 237 g/mol. The van der Waals surface area contributed by atoms with Gasteiger partial charge in [0.2, 0.25) is 0 Å². The van der Waals surface area contributed by atoms with Crippen molar-refractivity contribution < 1.29 is 5.11 Å². The van der Waals surface area contributed by atoms with Crippen LogP contribution in [0.15, 0.2) is 24.3 Å². The molecule has 1 aromatic carbocycles. The molecule has 1 aliphatic rings. The van der Waals surface area contributed by atoms with Crippen LogP contribution in [-0.2, 0) is 0 Å². The Morgan fingerprint density at radius 3 is 2.81 bits per heavy atom. The molecule has 0 spiro atoms. The second-order valence-corrected chi connectivity index (χ2v) is 5.57. The first-order chi connectivity index (χ1) is 7.81. The fourth-order valence-corrected chi connectivity index (χ4v) is 3.29. The number of thioether (sulfide) groups is 1. The quantitative estimate of drug-likeness (QED) is 0.848. The van der Waals surface area contributed by atoms with Crippen molar-refractivity contribution in [2.24, 2.45) is 5.73 Å². The lowest BCUT2D eigenvalue weighted by molar-refractivity contribution is 0.268.